The summed E-state index contributed by atoms with van der Waals surface area (Å²) in [5.74, 6) is 1.42. The lowest BCUT2D eigenvalue weighted by atomic mass is 10.3. The molecular weight excluding hydrogens is 289 g/mol. The smallest absolute Gasteiger partial charge is 0.133 e. The largest absolute Gasteiger partial charge is 0.325 e. The molecule has 0 saturated carbocycles. The van der Waals surface area contributed by atoms with Crippen LogP contribution in [-0.4, -0.2) is 17.9 Å². The maximum absolute atomic E-state index is 5.79. The van der Waals surface area contributed by atoms with Gasteiger partial charge in [0.25, 0.3) is 0 Å². The summed E-state index contributed by atoms with van der Waals surface area (Å²) in [4.78, 5) is 8.35. The molecule has 16 heavy (non-hydrogen) atoms. The normalized spacial score (nSPS) is 12.8. The van der Waals surface area contributed by atoms with Crippen molar-refractivity contribution in [3.8, 4) is 0 Å². The molecule has 0 spiro atoms. The molecule has 3 nitrogen and oxygen atoms in total. The monoisotopic (exact) mass is 301 g/mol. The third-order valence-electron chi connectivity index (χ3n) is 1.77. The van der Waals surface area contributed by atoms with Crippen molar-refractivity contribution in [3.63, 3.8) is 0 Å². The van der Waals surface area contributed by atoms with E-state index in [0.29, 0.717) is 10.9 Å². The maximum atomic E-state index is 5.79. The van der Waals surface area contributed by atoms with E-state index in [4.69, 9.17) is 11.6 Å². The molecule has 1 heterocycles. The van der Waals surface area contributed by atoms with E-state index in [1.54, 1.807) is 20.0 Å². The molecule has 1 aromatic rings. The number of aryl methyl sites for hydroxylation is 1. The zero-order valence-corrected chi connectivity index (χ0v) is 11.7. The minimum absolute atomic E-state index is 0.666. The van der Waals surface area contributed by atoms with Gasteiger partial charge in [-0.05, 0) is 53.5 Å². The highest BCUT2D eigenvalue weighted by molar-refractivity contribution is 9.10. The average Bonchev–Trinajstić information content (AvgIpc) is 2.14. The molecule has 1 rings (SSSR count). The van der Waals surface area contributed by atoms with Crippen LogP contribution in [0.2, 0.25) is 0 Å². The van der Waals surface area contributed by atoms with Gasteiger partial charge in [-0.2, -0.15) is 0 Å². The summed E-state index contributed by atoms with van der Waals surface area (Å²) < 4.78 is 0.789. The standard InChI is InChI=1S/C11H13BrClN3/c1-7-4-9(12)15-11(5-7)16-10(14-3)6-8(2)13/h4-6H,1-3H3,(H,14,15,16). The number of nitrogens with zero attached hydrogens (tertiary/aromatic N) is 2. The Morgan fingerprint density at radius 3 is 2.75 bits per heavy atom. The average molecular weight is 303 g/mol. The van der Waals surface area contributed by atoms with E-state index in [1.807, 2.05) is 19.1 Å². The number of aliphatic imine (C=N–C) groups is 1. The van der Waals surface area contributed by atoms with Crippen LogP contribution in [0, 0.1) is 6.92 Å². The topological polar surface area (TPSA) is 37.3 Å². The molecular formula is C11H13BrClN3. The molecule has 0 aliphatic carbocycles. The summed E-state index contributed by atoms with van der Waals surface area (Å²) in [7, 11) is 1.70. The fraction of sp³-hybridized carbons (Fsp3) is 0.273. The predicted molar refractivity (Wildman–Crippen MR) is 73.3 cm³/mol. The van der Waals surface area contributed by atoms with Gasteiger partial charge in [0.05, 0.1) is 0 Å². The first-order valence-corrected chi connectivity index (χ1v) is 5.90. The van der Waals surface area contributed by atoms with Crippen molar-refractivity contribution in [2.45, 2.75) is 13.8 Å². The van der Waals surface area contributed by atoms with Gasteiger partial charge in [-0.3, -0.25) is 4.99 Å². The number of allylic oxidation sites excluding steroid dienone is 1. The van der Waals surface area contributed by atoms with E-state index in [9.17, 15) is 0 Å². The van der Waals surface area contributed by atoms with Crippen LogP contribution >= 0.6 is 27.5 Å². The van der Waals surface area contributed by atoms with Gasteiger partial charge < -0.3 is 5.32 Å². The number of aromatic nitrogens is 1. The molecule has 0 amide bonds. The minimum Gasteiger partial charge on any atom is -0.325 e. The molecule has 0 radical (unpaired) electrons. The summed E-state index contributed by atoms with van der Waals surface area (Å²) in [6.07, 6.45) is 1.75. The Hall–Kier alpha value is -0.870. The zero-order valence-electron chi connectivity index (χ0n) is 9.38. The van der Waals surface area contributed by atoms with Crippen molar-refractivity contribution < 1.29 is 0 Å². The second kappa shape index (κ2) is 6.01. The second-order valence-electron chi connectivity index (χ2n) is 3.32. The Labute approximate surface area is 109 Å². The van der Waals surface area contributed by atoms with Crippen LogP contribution in [0.25, 0.3) is 0 Å². The summed E-state index contributed by atoms with van der Waals surface area (Å²) >= 11 is 9.13. The molecule has 0 aliphatic rings. The first kappa shape index (κ1) is 13.2. The van der Waals surface area contributed by atoms with E-state index in [-0.39, 0.29) is 0 Å². The van der Waals surface area contributed by atoms with Crippen molar-refractivity contribution in [3.05, 3.63) is 33.4 Å². The SMILES string of the molecule is CN=C(C=C(C)Cl)Nc1cc(C)cc(Br)n1. The Kier molecular flexibility index (Phi) is 4.96. The number of pyridine rings is 1. The third-order valence-corrected chi connectivity index (χ3v) is 2.29. The summed E-state index contributed by atoms with van der Waals surface area (Å²) in [5.41, 5.74) is 1.12. The maximum Gasteiger partial charge on any atom is 0.133 e. The molecule has 0 unspecified atom stereocenters. The second-order valence-corrected chi connectivity index (χ2v) is 4.73. The third kappa shape index (κ3) is 4.33. The van der Waals surface area contributed by atoms with Gasteiger partial charge in [0.2, 0.25) is 0 Å². The molecule has 1 aromatic heterocycles. The van der Waals surface area contributed by atoms with Crippen molar-refractivity contribution in [2.24, 2.45) is 4.99 Å². The van der Waals surface area contributed by atoms with Crippen molar-refractivity contribution in [1.29, 1.82) is 0 Å². The molecule has 0 saturated heterocycles. The Balaban J connectivity index is 2.91. The van der Waals surface area contributed by atoms with Crippen molar-refractivity contribution >= 4 is 39.2 Å². The Morgan fingerprint density at radius 1 is 1.56 bits per heavy atom. The molecule has 0 aromatic carbocycles. The van der Waals surface area contributed by atoms with Crippen LogP contribution in [0.5, 0.6) is 0 Å². The van der Waals surface area contributed by atoms with Gasteiger partial charge in [-0.15, -0.1) is 0 Å². The van der Waals surface area contributed by atoms with Gasteiger partial charge in [0.1, 0.15) is 16.3 Å². The fourth-order valence-corrected chi connectivity index (χ4v) is 1.82. The zero-order chi connectivity index (χ0) is 12.1. The van der Waals surface area contributed by atoms with E-state index in [0.717, 1.165) is 16.0 Å². The quantitative estimate of drug-likeness (QED) is 0.513. The van der Waals surface area contributed by atoms with Crippen LogP contribution in [-0.2, 0) is 0 Å². The lowest BCUT2D eigenvalue weighted by molar-refractivity contribution is 1.24. The predicted octanol–water partition coefficient (Wildman–Crippen LogP) is 3.74. The molecule has 0 atom stereocenters. The van der Waals surface area contributed by atoms with Crippen LogP contribution in [0.15, 0.2) is 32.8 Å². The number of anilines is 1. The Morgan fingerprint density at radius 2 is 2.25 bits per heavy atom. The van der Waals surface area contributed by atoms with Gasteiger partial charge in [0, 0.05) is 12.1 Å². The lowest BCUT2D eigenvalue weighted by Crippen LogP contribution is -2.10. The molecule has 86 valence electrons. The fourth-order valence-electron chi connectivity index (χ4n) is 1.16. The first-order chi connectivity index (χ1) is 7.51. The van der Waals surface area contributed by atoms with Crippen LogP contribution in [0.1, 0.15) is 12.5 Å². The van der Waals surface area contributed by atoms with Gasteiger partial charge in [-0.25, -0.2) is 4.98 Å². The van der Waals surface area contributed by atoms with E-state index in [1.165, 1.54) is 0 Å². The Bertz CT molecular complexity index is 417. The number of halogens is 2. The van der Waals surface area contributed by atoms with Gasteiger partial charge in [-0.1, -0.05) is 11.6 Å². The van der Waals surface area contributed by atoms with Crippen LogP contribution in [0.4, 0.5) is 5.82 Å². The van der Waals surface area contributed by atoms with E-state index in [2.05, 4.69) is 31.2 Å². The first-order valence-electron chi connectivity index (χ1n) is 4.73. The van der Waals surface area contributed by atoms with Crippen LogP contribution in [0.3, 0.4) is 0 Å². The molecule has 0 fully saturated rings. The summed E-state index contributed by atoms with van der Waals surface area (Å²) in [5, 5.41) is 3.76. The number of nitrogens with one attached hydrogen (secondary N) is 1. The highest BCUT2D eigenvalue weighted by Crippen LogP contribution is 2.14. The summed E-state index contributed by atoms with van der Waals surface area (Å²) in [6.45, 7) is 3.80. The molecule has 0 aliphatic heterocycles. The van der Waals surface area contributed by atoms with Gasteiger partial charge in [0.15, 0.2) is 0 Å². The number of hydrogen-bond donors (Lipinski definition) is 1. The van der Waals surface area contributed by atoms with E-state index >= 15 is 0 Å². The molecule has 5 heteroatoms. The summed E-state index contributed by atoms with van der Waals surface area (Å²) in [6, 6.07) is 3.88. The minimum atomic E-state index is 0.666. The van der Waals surface area contributed by atoms with Gasteiger partial charge >= 0.3 is 0 Å². The van der Waals surface area contributed by atoms with Crippen molar-refractivity contribution in [2.75, 3.05) is 12.4 Å². The number of rotatable bonds is 2. The van der Waals surface area contributed by atoms with E-state index < -0.39 is 0 Å². The molecule has 0 bridgehead atoms. The lowest BCUT2D eigenvalue weighted by Gasteiger charge is -2.06. The number of hydrogen-bond acceptors (Lipinski definition) is 2. The van der Waals surface area contributed by atoms with Crippen LogP contribution < -0.4 is 5.32 Å². The number of amidine groups is 1. The molecule has 1 N–H and O–H groups in total. The van der Waals surface area contributed by atoms with Crippen molar-refractivity contribution in [1.82, 2.24) is 4.98 Å². The highest BCUT2D eigenvalue weighted by Gasteiger charge is 2.00. The highest BCUT2D eigenvalue weighted by atomic mass is 79.9.